The smallest absolute Gasteiger partial charge is 0.0377 e. The lowest BCUT2D eigenvalue weighted by atomic mass is 9.75. The van der Waals surface area contributed by atoms with Crippen molar-refractivity contribution in [2.75, 3.05) is 18.0 Å². The molecule has 0 aromatic heterocycles. The van der Waals surface area contributed by atoms with Crippen LogP contribution in [0.15, 0.2) is 28.7 Å². The molecule has 2 aliphatic rings. The molecule has 17 heavy (non-hydrogen) atoms. The molecule has 1 aromatic carbocycles. The largest absolute Gasteiger partial charge is 0.371 e. The second-order valence-corrected chi connectivity index (χ2v) is 6.50. The molecule has 3 heteroatoms. The molecule has 1 aromatic rings. The summed E-state index contributed by atoms with van der Waals surface area (Å²) in [4.78, 5) is 2.54. The van der Waals surface area contributed by atoms with Gasteiger partial charge in [-0.3, -0.25) is 0 Å². The van der Waals surface area contributed by atoms with Crippen molar-refractivity contribution < 1.29 is 0 Å². The van der Waals surface area contributed by atoms with E-state index >= 15 is 0 Å². The molecular weight excluding hydrogens is 276 g/mol. The molecule has 2 unspecified atom stereocenters. The van der Waals surface area contributed by atoms with Gasteiger partial charge in [-0.1, -0.05) is 22.0 Å². The Labute approximate surface area is 111 Å². The van der Waals surface area contributed by atoms with Crippen molar-refractivity contribution in [3.05, 3.63) is 28.7 Å². The molecule has 1 heterocycles. The predicted octanol–water partition coefficient (Wildman–Crippen LogP) is 3.01. The summed E-state index contributed by atoms with van der Waals surface area (Å²) in [5, 5.41) is 0. The maximum atomic E-state index is 6.11. The van der Waals surface area contributed by atoms with E-state index in [9.17, 15) is 0 Å². The lowest BCUT2D eigenvalue weighted by Crippen LogP contribution is -2.47. The molecule has 0 amide bonds. The fourth-order valence-corrected chi connectivity index (χ4v) is 3.88. The summed E-state index contributed by atoms with van der Waals surface area (Å²) in [5.41, 5.74) is 7.46. The summed E-state index contributed by atoms with van der Waals surface area (Å²) in [6.07, 6.45) is 3.81. The van der Waals surface area contributed by atoms with E-state index in [1.807, 2.05) is 0 Å². The summed E-state index contributed by atoms with van der Waals surface area (Å²) < 4.78 is 1.17. The molecule has 2 N–H and O–H groups in total. The molecule has 0 spiro atoms. The lowest BCUT2D eigenvalue weighted by Gasteiger charge is -2.44. The van der Waals surface area contributed by atoms with Crippen LogP contribution in [0.5, 0.6) is 0 Å². The number of hydrogen-bond acceptors (Lipinski definition) is 2. The number of fused-ring (bicyclic) bond motifs is 2. The highest BCUT2D eigenvalue weighted by Crippen LogP contribution is 2.36. The zero-order valence-corrected chi connectivity index (χ0v) is 11.6. The SMILES string of the molecule is NC1CC2CC(C1)CN(c1cccc(Br)c1)C2. The van der Waals surface area contributed by atoms with E-state index in [0.717, 1.165) is 11.8 Å². The third-order valence-electron chi connectivity index (χ3n) is 4.07. The molecule has 2 fully saturated rings. The second kappa shape index (κ2) is 4.62. The number of benzene rings is 1. The fraction of sp³-hybridized carbons (Fsp3) is 0.571. The van der Waals surface area contributed by atoms with E-state index < -0.39 is 0 Å². The Morgan fingerprint density at radius 1 is 1.12 bits per heavy atom. The molecule has 3 rings (SSSR count). The van der Waals surface area contributed by atoms with Crippen LogP contribution in [0.3, 0.4) is 0 Å². The molecule has 1 saturated heterocycles. The van der Waals surface area contributed by atoms with Crippen molar-refractivity contribution >= 4 is 21.6 Å². The molecule has 2 bridgehead atoms. The number of hydrogen-bond donors (Lipinski definition) is 1. The molecule has 0 radical (unpaired) electrons. The van der Waals surface area contributed by atoms with Crippen molar-refractivity contribution in [3.8, 4) is 0 Å². The normalized spacial score (nSPS) is 32.6. The van der Waals surface area contributed by atoms with Crippen LogP contribution in [0.4, 0.5) is 5.69 Å². The van der Waals surface area contributed by atoms with Crippen molar-refractivity contribution in [2.45, 2.75) is 25.3 Å². The van der Waals surface area contributed by atoms with Crippen LogP contribution in [0.25, 0.3) is 0 Å². The van der Waals surface area contributed by atoms with Crippen LogP contribution in [0.1, 0.15) is 19.3 Å². The van der Waals surface area contributed by atoms with Crippen molar-refractivity contribution in [2.24, 2.45) is 17.6 Å². The van der Waals surface area contributed by atoms with Crippen molar-refractivity contribution in [1.29, 1.82) is 0 Å². The van der Waals surface area contributed by atoms with Crippen LogP contribution in [0, 0.1) is 11.8 Å². The maximum absolute atomic E-state index is 6.11. The number of anilines is 1. The van der Waals surface area contributed by atoms with E-state index in [4.69, 9.17) is 5.73 Å². The van der Waals surface area contributed by atoms with Gasteiger partial charge in [0.15, 0.2) is 0 Å². The minimum atomic E-state index is 0.448. The van der Waals surface area contributed by atoms with Gasteiger partial charge in [-0.15, -0.1) is 0 Å². The summed E-state index contributed by atoms with van der Waals surface area (Å²) in [6, 6.07) is 9.09. The van der Waals surface area contributed by atoms with E-state index in [0.29, 0.717) is 6.04 Å². The van der Waals surface area contributed by atoms with E-state index in [-0.39, 0.29) is 0 Å². The minimum Gasteiger partial charge on any atom is -0.371 e. The van der Waals surface area contributed by atoms with Crippen molar-refractivity contribution in [3.63, 3.8) is 0 Å². The van der Waals surface area contributed by atoms with Crippen LogP contribution in [-0.4, -0.2) is 19.1 Å². The molecular formula is C14H19BrN2. The molecule has 1 aliphatic carbocycles. The monoisotopic (exact) mass is 294 g/mol. The van der Waals surface area contributed by atoms with E-state index in [1.54, 1.807) is 0 Å². The highest BCUT2D eigenvalue weighted by atomic mass is 79.9. The molecule has 1 saturated carbocycles. The zero-order valence-electron chi connectivity index (χ0n) is 9.98. The Kier molecular flexibility index (Phi) is 3.14. The van der Waals surface area contributed by atoms with Gasteiger partial charge >= 0.3 is 0 Å². The van der Waals surface area contributed by atoms with E-state index in [2.05, 4.69) is 45.1 Å². The average Bonchev–Trinajstić information content (AvgIpc) is 2.27. The van der Waals surface area contributed by atoms with Gasteiger partial charge in [0, 0.05) is 29.3 Å². The lowest BCUT2D eigenvalue weighted by molar-refractivity contribution is 0.208. The predicted molar refractivity (Wildman–Crippen MR) is 75.2 cm³/mol. The van der Waals surface area contributed by atoms with Gasteiger partial charge in [-0.25, -0.2) is 0 Å². The standard InChI is InChI=1S/C14H19BrN2/c15-12-2-1-3-14(7-12)17-8-10-4-11(9-17)6-13(16)5-10/h1-3,7,10-11,13H,4-6,8-9,16H2. The Bertz CT molecular complexity index is 389. The minimum absolute atomic E-state index is 0.448. The van der Waals surface area contributed by atoms with Gasteiger partial charge in [0.05, 0.1) is 0 Å². The highest BCUT2D eigenvalue weighted by Gasteiger charge is 2.33. The number of nitrogens with zero attached hydrogens (tertiary/aromatic N) is 1. The number of halogens is 1. The van der Waals surface area contributed by atoms with Crippen molar-refractivity contribution in [1.82, 2.24) is 0 Å². The Morgan fingerprint density at radius 3 is 2.47 bits per heavy atom. The second-order valence-electron chi connectivity index (χ2n) is 5.58. The van der Waals surface area contributed by atoms with Gasteiger partial charge < -0.3 is 10.6 Å². The Balaban J connectivity index is 1.78. The van der Waals surface area contributed by atoms with Gasteiger partial charge in [-0.2, -0.15) is 0 Å². The molecule has 92 valence electrons. The Morgan fingerprint density at radius 2 is 1.82 bits per heavy atom. The third kappa shape index (κ3) is 2.50. The topological polar surface area (TPSA) is 29.3 Å². The first kappa shape index (κ1) is 11.5. The number of rotatable bonds is 1. The van der Waals surface area contributed by atoms with Gasteiger partial charge in [0.1, 0.15) is 0 Å². The summed E-state index contributed by atoms with van der Waals surface area (Å²) in [5.74, 6) is 1.60. The summed E-state index contributed by atoms with van der Waals surface area (Å²) in [7, 11) is 0. The average molecular weight is 295 g/mol. The van der Waals surface area contributed by atoms with E-state index in [1.165, 1.54) is 42.5 Å². The van der Waals surface area contributed by atoms with Gasteiger partial charge in [0.25, 0.3) is 0 Å². The first-order valence-electron chi connectivity index (χ1n) is 6.47. The van der Waals surface area contributed by atoms with Gasteiger partial charge in [0.2, 0.25) is 0 Å². The van der Waals surface area contributed by atoms with Crippen LogP contribution in [0.2, 0.25) is 0 Å². The van der Waals surface area contributed by atoms with Crippen LogP contribution in [-0.2, 0) is 0 Å². The first-order chi connectivity index (χ1) is 8.20. The molecule has 1 aliphatic heterocycles. The third-order valence-corrected chi connectivity index (χ3v) is 4.56. The molecule has 2 nitrogen and oxygen atoms in total. The van der Waals surface area contributed by atoms with Crippen LogP contribution < -0.4 is 10.6 Å². The summed E-state index contributed by atoms with van der Waals surface area (Å²) in [6.45, 7) is 2.36. The summed E-state index contributed by atoms with van der Waals surface area (Å²) >= 11 is 3.55. The molecule has 2 atom stereocenters. The fourth-order valence-electron chi connectivity index (χ4n) is 3.50. The van der Waals surface area contributed by atoms with Crippen LogP contribution >= 0.6 is 15.9 Å². The number of piperidine rings is 1. The quantitative estimate of drug-likeness (QED) is 0.863. The maximum Gasteiger partial charge on any atom is 0.0377 e. The number of nitrogens with two attached hydrogens (primary N) is 1. The Hall–Kier alpha value is -0.540. The first-order valence-corrected chi connectivity index (χ1v) is 7.26. The zero-order chi connectivity index (χ0) is 11.8. The highest BCUT2D eigenvalue weighted by molar-refractivity contribution is 9.10. The van der Waals surface area contributed by atoms with Gasteiger partial charge in [-0.05, 0) is 49.3 Å².